The van der Waals surface area contributed by atoms with Crippen LogP contribution in [0, 0.1) is 0 Å². The Balaban J connectivity index is 2.39. The summed E-state index contributed by atoms with van der Waals surface area (Å²) >= 11 is 0. The minimum Gasteiger partial charge on any atom is -0.480 e. The molecule has 1 rings (SSSR count). The number of urea groups is 1. The van der Waals surface area contributed by atoms with E-state index in [1.807, 2.05) is 0 Å². The Morgan fingerprint density at radius 2 is 2.05 bits per heavy atom. The molecule has 0 saturated carbocycles. The highest BCUT2D eigenvalue weighted by molar-refractivity contribution is 5.95. The average molecular weight is 286 g/mol. The summed E-state index contributed by atoms with van der Waals surface area (Å²) < 4.78 is 4.64. The quantitative estimate of drug-likeness (QED) is 0.758. The molecule has 0 aromatic heterocycles. The standard InChI is InChI=1S/C13H22N2O5/c1-2-5-10-6-3-4-7-15(10)13(19)14-11(16)8-20-9-12(17)18/h10H,2-9H2,1H3,(H,17,18)(H,14,16,19). The van der Waals surface area contributed by atoms with Gasteiger partial charge in [-0.25, -0.2) is 9.59 Å². The topological polar surface area (TPSA) is 95.9 Å². The summed E-state index contributed by atoms with van der Waals surface area (Å²) in [7, 11) is 0. The van der Waals surface area contributed by atoms with Gasteiger partial charge in [0.2, 0.25) is 0 Å². The summed E-state index contributed by atoms with van der Waals surface area (Å²) in [6, 6.07) is -0.228. The van der Waals surface area contributed by atoms with Crippen molar-refractivity contribution in [2.75, 3.05) is 19.8 Å². The zero-order chi connectivity index (χ0) is 15.0. The maximum absolute atomic E-state index is 12.0. The zero-order valence-electron chi connectivity index (χ0n) is 11.8. The smallest absolute Gasteiger partial charge is 0.329 e. The first-order valence-corrected chi connectivity index (χ1v) is 6.94. The average Bonchev–Trinajstić information content (AvgIpc) is 2.39. The molecular weight excluding hydrogens is 264 g/mol. The third kappa shape index (κ3) is 5.56. The number of aliphatic carboxylic acids is 1. The van der Waals surface area contributed by atoms with E-state index in [2.05, 4.69) is 17.0 Å². The third-order valence-electron chi connectivity index (χ3n) is 3.21. The Morgan fingerprint density at radius 3 is 2.70 bits per heavy atom. The number of hydrogen-bond acceptors (Lipinski definition) is 4. The summed E-state index contributed by atoms with van der Waals surface area (Å²) in [5.74, 6) is -1.76. The van der Waals surface area contributed by atoms with Gasteiger partial charge in [0, 0.05) is 12.6 Å². The maximum Gasteiger partial charge on any atom is 0.329 e. The second-order valence-electron chi connectivity index (χ2n) is 4.87. The number of nitrogens with zero attached hydrogens (tertiary/aromatic N) is 1. The fraction of sp³-hybridized carbons (Fsp3) is 0.769. The third-order valence-corrected chi connectivity index (χ3v) is 3.21. The van der Waals surface area contributed by atoms with Gasteiger partial charge in [0.25, 0.3) is 5.91 Å². The molecule has 1 aliphatic heterocycles. The van der Waals surface area contributed by atoms with E-state index in [4.69, 9.17) is 5.11 Å². The van der Waals surface area contributed by atoms with E-state index < -0.39 is 31.1 Å². The van der Waals surface area contributed by atoms with Gasteiger partial charge in [-0.3, -0.25) is 10.1 Å². The number of nitrogens with one attached hydrogen (secondary N) is 1. The van der Waals surface area contributed by atoms with Crippen LogP contribution in [0.15, 0.2) is 0 Å². The van der Waals surface area contributed by atoms with Crippen molar-refractivity contribution in [1.29, 1.82) is 0 Å². The van der Waals surface area contributed by atoms with Gasteiger partial charge >= 0.3 is 12.0 Å². The zero-order valence-corrected chi connectivity index (χ0v) is 11.8. The Hall–Kier alpha value is -1.63. The minimum absolute atomic E-state index is 0.182. The summed E-state index contributed by atoms with van der Waals surface area (Å²) in [4.78, 5) is 35.4. The molecule has 2 N–H and O–H groups in total. The molecule has 1 fully saturated rings. The van der Waals surface area contributed by atoms with Crippen LogP contribution >= 0.6 is 0 Å². The van der Waals surface area contributed by atoms with E-state index in [1.165, 1.54) is 0 Å². The van der Waals surface area contributed by atoms with E-state index >= 15 is 0 Å². The minimum atomic E-state index is -1.15. The number of carbonyl (C=O) groups is 3. The molecule has 1 saturated heterocycles. The molecule has 1 aliphatic rings. The van der Waals surface area contributed by atoms with Crippen LogP contribution in [0.5, 0.6) is 0 Å². The fourth-order valence-corrected chi connectivity index (χ4v) is 2.36. The Morgan fingerprint density at radius 1 is 1.30 bits per heavy atom. The van der Waals surface area contributed by atoms with Crippen LogP contribution in [0.4, 0.5) is 4.79 Å². The molecule has 1 atom stereocenters. The highest BCUT2D eigenvalue weighted by Crippen LogP contribution is 2.20. The van der Waals surface area contributed by atoms with E-state index in [0.29, 0.717) is 6.54 Å². The molecule has 7 heteroatoms. The lowest BCUT2D eigenvalue weighted by atomic mass is 9.99. The SMILES string of the molecule is CCCC1CCCCN1C(=O)NC(=O)COCC(=O)O. The lowest BCUT2D eigenvalue weighted by Gasteiger charge is -2.35. The van der Waals surface area contributed by atoms with Crippen molar-refractivity contribution in [3.8, 4) is 0 Å². The van der Waals surface area contributed by atoms with Crippen molar-refractivity contribution in [3.05, 3.63) is 0 Å². The van der Waals surface area contributed by atoms with Gasteiger partial charge in [0.05, 0.1) is 0 Å². The van der Waals surface area contributed by atoms with Crippen molar-refractivity contribution in [1.82, 2.24) is 10.2 Å². The number of hydrogen-bond donors (Lipinski definition) is 2. The monoisotopic (exact) mass is 286 g/mol. The predicted octanol–water partition coefficient (Wildman–Crippen LogP) is 0.978. The lowest BCUT2D eigenvalue weighted by Crippen LogP contribution is -2.50. The number of carboxylic acids is 1. The number of carboxylic acid groups (broad SMARTS) is 1. The van der Waals surface area contributed by atoms with Crippen LogP contribution in [0.25, 0.3) is 0 Å². The molecule has 1 heterocycles. The van der Waals surface area contributed by atoms with Crippen LogP contribution in [0.2, 0.25) is 0 Å². The molecule has 0 aromatic rings. The first kappa shape index (κ1) is 16.4. The van der Waals surface area contributed by atoms with Gasteiger partial charge in [-0.1, -0.05) is 13.3 Å². The van der Waals surface area contributed by atoms with Gasteiger partial charge in [0.1, 0.15) is 13.2 Å². The Kier molecular flexibility index (Phi) is 7.00. The van der Waals surface area contributed by atoms with Crippen LogP contribution < -0.4 is 5.32 Å². The number of piperidine rings is 1. The highest BCUT2D eigenvalue weighted by Gasteiger charge is 2.26. The van der Waals surface area contributed by atoms with Gasteiger partial charge in [-0.15, -0.1) is 0 Å². The molecule has 1 unspecified atom stereocenters. The number of rotatable bonds is 6. The van der Waals surface area contributed by atoms with Gasteiger partial charge in [-0.05, 0) is 25.7 Å². The van der Waals surface area contributed by atoms with Crippen molar-refractivity contribution in [3.63, 3.8) is 0 Å². The molecule has 20 heavy (non-hydrogen) atoms. The molecule has 0 aliphatic carbocycles. The van der Waals surface area contributed by atoms with Crippen LogP contribution in [0.1, 0.15) is 39.0 Å². The summed E-state index contributed by atoms with van der Waals surface area (Å²) in [5, 5.41) is 10.6. The van der Waals surface area contributed by atoms with E-state index in [-0.39, 0.29) is 6.04 Å². The summed E-state index contributed by atoms with van der Waals surface area (Å²) in [6.07, 6.45) is 4.92. The van der Waals surface area contributed by atoms with Crippen molar-refractivity contribution in [2.45, 2.75) is 45.1 Å². The van der Waals surface area contributed by atoms with Crippen molar-refractivity contribution < 1.29 is 24.2 Å². The largest absolute Gasteiger partial charge is 0.480 e. The maximum atomic E-state index is 12.0. The molecule has 7 nitrogen and oxygen atoms in total. The van der Waals surface area contributed by atoms with Gasteiger partial charge < -0.3 is 14.7 Å². The first-order valence-electron chi connectivity index (χ1n) is 6.94. The number of carbonyl (C=O) groups excluding carboxylic acids is 2. The number of imide groups is 1. The Bertz CT molecular complexity index is 357. The normalized spacial score (nSPS) is 18.6. The summed E-state index contributed by atoms with van der Waals surface area (Å²) in [6.45, 7) is 1.74. The van der Waals surface area contributed by atoms with Gasteiger partial charge in [0.15, 0.2) is 0 Å². The number of ether oxygens (including phenoxy) is 1. The molecule has 114 valence electrons. The summed E-state index contributed by atoms with van der Waals surface area (Å²) in [5.41, 5.74) is 0. The lowest BCUT2D eigenvalue weighted by molar-refractivity contribution is -0.143. The second kappa shape index (κ2) is 8.52. The number of amides is 3. The van der Waals surface area contributed by atoms with Crippen LogP contribution in [-0.2, 0) is 14.3 Å². The van der Waals surface area contributed by atoms with Crippen LogP contribution in [0.3, 0.4) is 0 Å². The predicted molar refractivity (Wildman–Crippen MR) is 71.2 cm³/mol. The second-order valence-corrected chi connectivity index (χ2v) is 4.87. The molecular formula is C13H22N2O5. The van der Waals surface area contributed by atoms with Crippen LogP contribution in [-0.4, -0.2) is 53.7 Å². The number of likely N-dealkylation sites (tertiary alicyclic amines) is 1. The van der Waals surface area contributed by atoms with E-state index in [1.54, 1.807) is 4.90 Å². The van der Waals surface area contributed by atoms with Crippen molar-refractivity contribution in [2.24, 2.45) is 0 Å². The van der Waals surface area contributed by atoms with Gasteiger partial charge in [-0.2, -0.15) is 0 Å². The molecule has 0 radical (unpaired) electrons. The fourth-order valence-electron chi connectivity index (χ4n) is 2.36. The highest BCUT2D eigenvalue weighted by atomic mass is 16.5. The van der Waals surface area contributed by atoms with E-state index in [0.717, 1.165) is 32.1 Å². The molecule has 0 bridgehead atoms. The van der Waals surface area contributed by atoms with Crippen molar-refractivity contribution >= 4 is 17.9 Å². The van der Waals surface area contributed by atoms with E-state index in [9.17, 15) is 14.4 Å². The molecule has 0 aromatic carbocycles. The first-order chi connectivity index (χ1) is 9.54. The Labute approximate surface area is 118 Å². The molecule has 3 amide bonds. The molecule has 0 spiro atoms.